The molecule has 130 valence electrons. The minimum atomic E-state index is -0.280. The maximum absolute atomic E-state index is 12.5. The first kappa shape index (κ1) is 17.0. The third-order valence-corrected chi connectivity index (χ3v) is 4.35. The molecule has 0 aliphatic carbocycles. The summed E-state index contributed by atoms with van der Waals surface area (Å²) in [6.45, 7) is 1.97. The molecule has 0 bridgehead atoms. The van der Waals surface area contributed by atoms with Crippen LogP contribution in [0.1, 0.15) is 43.4 Å². The van der Waals surface area contributed by atoms with Crippen LogP contribution in [-0.4, -0.2) is 28.8 Å². The molecule has 1 aliphatic rings. The lowest BCUT2D eigenvalue weighted by Gasteiger charge is -2.22. The summed E-state index contributed by atoms with van der Waals surface area (Å²) in [4.78, 5) is 12.5. The van der Waals surface area contributed by atoms with Crippen LogP contribution in [0.5, 0.6) is 11.5 Å². The van der Waals surface area contributed by atoms with Gasteiger partial charge in [-0.15, -0.1) is 0 Å². The first-order valence-corrected chi connectivity index (χ1v) is 8.46. The summed E-state index contributed by atoms with van der Waals surface area (Å²) in [5.74, 6) is 0.936. The van der Waals surface area contributed by atoms with Gasteiger partial charge in [0, 0.05) is 18.4 Å². The second-order valence-corrected chi connectivity index (χ2v) is 6.04. The van der Waals surface area contributed by atoms with Crippen molar-refractivity contribution in [2.75, 3.05) is 7.11 Å². The maximum Gasteiger partial charge on any atom is 0.243 e. The molecule has 2 aromatic rings. The number of benzene rings is 2. The van der Waals surface area contributed by atoms with Crippen molar-refractivity contribution in [2.45, 2.75) is 32.2 Å². The Hall–Kier alpha value is -2.82. The maximum atomic E-state index is 12.5. The van der Waals surface area contributed by atoms with Crippen LogP contribution in [0.2, 0.25) is 0 Å². The van der Waals surface area contributed by atoms with Crippen LogP contribution in [0.15, 0.2) is 53.6 Å². The molecule has 1 amide bonds. The molecule has 1 heterocycles. The van der Waals surface area contributed by atoms with Crippen LogP contribution in [0.3, 0.4) is 0 Å². The zero-order valence-corrected chi connectivity index (χ0v) is 14.5. The minimum Gasteiger partial charge on any atom is -0.508 e. The molecule has 0 saturated carbocycles. The molecular weight excluding hydrogens is 316 g/mol. The van der Waals surface area contributed by atoms with Gasteiger partial charge in [0.05, 0.1) is 18.9 Å². The van der Waals surface area contributed by atoms with Gasteiger partial charge in [-0.3, -0.25) is 4.79 Å². The number of rotatable bonds is 5. The lowest BCUT2D eigenvalue weighted by molar-refractivity contribution is -0.133. The number of hydrazone groups is 1. The first-order valence-electron chi connectivity index (χ1n) is 8.46. The van der Waals surface area contributed by atoms with Crippen LogP contribution in [0.25, 0.3) is 0 Å². The van der Waals surface area contributed by atoms with Crippen molar-refractivity contribution in [2.24, 2.45) is 5.10 Å². The van der Waals surface area contributed by atoms with Gasteiger partial charge in [0.1, 0.15) is 11.5 Å². The molecule has 0 radical (unpaired) electrons. The van der Waals surface area contributed by atoms with Gasteiger partial charge in [0.25, 0.3) is 0 Å². The Kier molecular flexibility index (Phi) is 5.03. The van der Waals surface area contributed by atoms with Crippen molar-refractivity contribution in [1.82, 2.24) is 5.01 Å². The molecule has 5 heteroatoms. The summed E-state index contributed by atoms with van der Waals surface area (Å²) in [6, 6.07) is 14.5. The van der Waals surface area contributed by atoms with E-state index < -0.39 is 0 Å². The predicted octanol–water partition coefficient (Wildman–Crippen LogP) is 3.88. The number of phenols is 1. The number of hydrogen-bond acceptors (Lipinski definition) is 4. The van der Waals surface area contributed by atoms with Gasteiger partial charge in [-0.2, -0.15) is 5.10 Å². The Morgan fingerprint density at radius 1 is 1.24 bits per heavy atom. The van der Waals surface area contributed by atoms with Crippen LogP contribution >= 0.6 is 0 Å². The highest BCUT2D eigenvalue weighted by molar-refractivity contribution is 6.03. The summed E-state index contributed by atoms with van der Waals surface area (Å²) in [5, 5.41) is 16.3. The predicted molar refractivity (Wildman–Crippen MR) is 96.7 cm³/mol. The van der Waals surface area contributed by atoms with Gasteiger partial charge in [0.2, 0.25) is 5.91 Å². The highest BCUT2D eigenvalue weighted by Crippen LogP contribution is 2.37. The molecule has 1 unspecified atom stereocenters. The molecule has 1 aliphatic heterocycles. The molecule has 5 nitrogen and oxygen atoms in total. The number of methoxy groups -OCH3 is 1. The van der Waals surface area contributed by atoms with Crippen LogP contribution in [0, 0.1) is 0 Å². The van der Waals surface area contributed by atoms with Gasteiger partial charge in [-0.05, 0) is 42.3 Å². The number of amides is 1. The van der Waals surface area contributed by atoms with E-state index >= 15 is 0 Å². The number of carbonyl (C=O) groups is 1. The monoisotopic (exact) mass is 338 g/mol. The third kappa shape index (κ3) is 3.50. The fraction of sp³-hybridized carbons (Fsp3) is 0.300. The van der Waals surface area contributed by atoms with Crippen LogP contribution < -0.4 is 4.74 Å². The van der Waals surface area contributed by atoms with Crippen molar-refractivity contribution in [3.05, 3.63) is 59.7 Å². The average Bonchev–Trinajstić information content (AvgIpc) is 3.07. The number of nitrogens with zero attached hydrogens (tertiary/aromatic N) is 2. The Balaban J connectivity index is 1.94. The number of aromatic hydroxyl groups is 1. The van der Waals surface area contributed by atoms with Gasteiger partial charge in [-0.25, -0.2) is 5.01 Å². The SMILES string of the molecule is CCCC(=O)N1N=C(c2ccc(OC)cc2)CC1c1ccccc1O. The highest BCUT2D eigenvalue weighted by Gasteiger charge is 2.33. The second kappa shape index (κ2) is 7.38. The average molecular weight is 338 g/mol. The first-order chi connectivity index (χ1) is 12.1. The van der Waals surface area contributed by atoms with Gasteiger partial charge in [-0.1, -0.05) is 25.1 Å². The summed E-state index contributed by atoms with van der Waals surface area (Å²) in [5.41, 5.74) is 2.51. The summed E-state index contributed by atoms with van der Waals surface area (Å²) in [6.07, 6.45) is 1.76. The van der Waals surface area contributed by atoms with E-state index in [1.165, 1.54) is 5.01 Å². The lowest BCUT2D eigenvalue weighted by atomic mass is 9.97. The zero-order valence-electron chi connectivity index (χ0n) is 14.5. The van der Waals surface area contributed by atoms with Crippen molar-refractivity contribution in [3.63, 3.8) is 0 Å². The Morgan fingerprint density at radius 3 is 2.60 bits per heavy atom. The summed E-state index contributed by atoms with van der Waals surface area (Å²) < 4.78 is 5.19. The second-order valence-electron chi connectivity index (χ2n) is 6.04. The molecular formula is C20H22N2O3. The third-order valence-electron chi connectivity index (χ3n) is 4.35. The quantitative estimate of drug-likeness (QED) is 0.900. The number of para-hydroxylation sites is 1. The van der Waals surface area contributed by atoms with Gasteiger partial charge >= 0.3 is 0 Å². The fourth-order valence-corrected chi connectivity index (χ4v) is 3.04. The zero-order chi connectivity index (χ0) is 17.8. The van der Waals surface area contributed by atoms with E-state index in [0.717, 1.165) is 29.0 Å². The van der Waals surface area contributed by atoms with Crippen LogP contribution in [-0.2, 0) is 4.79 Å². The lowest BCUT2D eigenvalue weighted by Crippen LogP contribution is -2.26. The Bertz CT molecular complexity index is 784. The summed E-state index contributed by atoms with van der Waals surface area (Å²) in [7, 11) is 1.63. The largest absolute Gasteiger partial charge is 0.508 e. The van der Waals surface area contributed by atoms with Gasteiger partial charge < -0.3 is 9.84 Å². The van der Waals surface area contributed by atoms with Crippen molar-refractivity contribution in [3.8, 4) is 11.5 Å². The fourth-order valence-electron chi connectivity index (χ4n) is 3.04. The smallest absolute Gasteiger partial charge is 0.243 e. The van der Waals surface area contributed by atoms with E-state index in [0.29, 0.717) is 12.8 Å². The molecule has 3 rings (SSSR count). The molecule has 1 N–H and O–H groups in total. The van der Waals surface area contributed by atoms with E-state index in [-0.39, 0.29) is 17.7 Å². The van der Waals surface area contributed by atoms with Gasteiger partial charge in [0.15, 0.2) is 0 Å². The topological polar surface area (TPSA) is 62.1 Å². The number of carbonyl (C=O) groups excluding carboxylic acids is 1. The molecule has 0 spiro atoms. The Labute approximate surface area is 147 Å². The van der Waals surface area contributed by atoms with E-state index in [2.05, 4.69) is 5.10 Å². The highest BCUT2D eigenvalue weighted by atomic mass is 16.5. The van der Waals surface area contributed by atoms with E-state index in [4.69, 9.17) is 4.74 Å². The van der Waals surface area contributed by atoms with Crippen molar-refractivity contribution >= 4 is 11.6 Å². The molecule has 0 aromatic heterocycles. The minimum absolute atomic E-state index is 0.0285. The molecule has 0 fully saturated rings. The normalized spacial score (nSPS) is 16.6. The number of phenolic OH excluding ortho intramolecular Hbond substituents is 1. The number of ether oxygens (including phenoxy) is 1. The standard InChI is InChI=1S/C20H22N2O3/c1-3-6-20(24)22-18(16-7-4-5-8-19(16)23)13-17(21-22)14-9-11-15(25-2)12-10-14/h4-5,7-12,18,23H,3,6,13H2,1-2H3. The molecule has 2 aromatic carbocycles. The van der Waals surface area contributed by atoms with E-state index in [9.17, 15) is 9.90 Å². The van der Waals surface area contributed by atoms with Crippen LogP contribution in [0.4, 0.5) is 0 Å². The molecule has 25 heavy (non-hydrogen) atoms. The molecule has 0 saturated heterocycles. The molecule has 1 atom stereocenters. The number of hydrogen-bond donors (Lipinski definition) is 1. The van der Waals surface area contributed by atoms with Crippen molar-refractivity contribution < 1.29 is 14.6 Å². The Morgan fingerprint density at radius 2 is 1.96 bits per heavy atom. The van der Waals surface area contributed by atoms with Crippen molar-refractivity contribution in [1.29, 1.82) is 0 Å². The van der Waals surface area contributed by atoms with E-state index in [1.807, 2.05) is 43.3 Å². The summed E-state index contributed by atoms with van der Waals surface area (Å²) >= 11 is 0. The van der Waals surface area contributed by atoms with E-state index in [1.54, 1.807) is 19.2 Å².